The van der Waals surface area contributed by atoms with Crippen LogP contribution in [0.15, 0.2) is 41.0 Å². The van der Waals surface area contributed by atoms with Crippen molar-refractivity contribution in [2.24, 2.45) is 0 Å². The molecule has 4 heteroatoms. The molecule has 1 amide bonds. The van der Waals surface area contributed by atoms with E-state index in [1.165, 1.54) is 0 Å². The number of amides is 1. The molecule has 2 aromatic rings. The Bertz CT molecular complexity index is 547. The molecule has 94 valence electrons. The van der Waals surface area contributed by atoms with E-state index in [1.54, 1.807) is 30.5 Å². The van der Waals surface area contributed by atoms with Crippen LogP contribution in [0.2, 0.25) is 0 Å². The van der Waals surface area contributed by atoms with E-state index < -0.39 is 0 Å². The van der Waals surface area contributed by atoms with Crippen molar-refractivity contribution in [3.05, 3.63) is 53.5 Å². The Morgan fingerprint density at radius 1 is 1.39 bits per heavy atom. The van der Waals surface area contributed by atoms with Crippen molar-refractivity contribution >= 4 is 11.6 Å². The first-order chi connectivity index (χ1) is 8.58. The maximum atomic E-state index is 12.0. The van der Waals surface area contributed by atoms with Crippen LogP contribution in [-0.2, 0) is 0 Å². The second-order valence-electron chi connectivity index (χ2n) is 4.28. The topological polar surface area (TPSA) is 68.3 Å². The van der Waals surface area contributed by atoms with E-state index in [2.05, 4.69) is 5.32 Å². The van der Waals surface area contributed by atoms with Crippen molar-refractivity contribution in [2.75, 3.05) is 5.73 Å². The van der Waals surface area contributed by atoms with Crippen molar-refractivity contribution in [3.8, 4) is 0 Å². The highest BCUT2D eigenvalue weighted by Crippen LogP contribution is 2.16. The molecule has 0 aliphatic carbocycles. The summed E-state index contributed by atoms with van der Waals surface area (Å²) in [5, 5.41) is 2.87. The van der Waals surface area contributed by atoms with Crippen LogP contribution in [0.5, 0.6) is 0 Å². The SMILES string of the molecule is Cc1cc(C(=O)NC(C)c2ccco2)ccc1N. The number of aryl methyl sites for hydroxylation is 1. The summed E-state index contributed by atoms with van der Waals surface area (Å²) in [5.41, 5.74) is 7.90. The molecule has 1 atom stereocenters. The van der Waals surface area contributed by atoms with Gasteiger partial charge >= 0.3 is 0 Å². The Labute approximate surface area is 106 Å². The Morgan fingerprint density at radius 3 is 2.78 bits per heavy atom. The average molecular weight is 244 g/mol. The predicted molar refractivity (Wildman–Crippen MR) is 70.2 cm³/mol. The van der Waals surface area contributed by atoms with Crippen molar-refractivity contribution in [2.45, 2.75) is 19.9 Å². The number of carbonyl (C=O) groups is 1. The predicted octanol–water partition coefficient (Wildman–Crippen LogP) is 2.66. The molecule has 0 radical (unpaired) electrons. The molecule has 0 saturated heterocycles. The fourth-order valence-corrected chi connectivity index (χ4v) is 1.71. The van der Waals surface area contributed by atoms with Crippen LogP contribution in [0.1, 0.15) is 34.6 Å². The van der Waals surface area contributed by atoms with Crippen LogP contribution in [0.3, 0.4) is 0 Å². The van der Waals surface area contributed by atoms with Crippen molar-refractivity contribution in [1.29, 1.82) is 0 Å². The molecular weight excluding hydrogens is 228 g/mol. The van der Waals surface area contributed by atoms with Crippen LogP contribution in [0.25, 0.3) is 0 Å². The Kier molecular flexibility index (Phi) is 3.37. The van der Waals surface area contributed by atoms with Gasteiger partial charge in [0.15, 0.2) is 0 Å². The molecule has 0 spiro atoms. The first kappa shape index (κ1) is 12.2. The fraction of sp³-hybridized carbons (Fsp3) is 0.214. The normalized spacial score (nSPS) is 12.1. The number of carbonyl (C=O) groups excluding carboxylic acids is 1. The van der Waals surface area contributed by atoms with Gasteiger partial charge in [0.2, 0.25) is 0 Å². The number of rotatable bonds is 3. The van der Waals surface area contributed by atoms with E-state index in [-0.39, 0.29) is 11.9 Å². The summed E-state index contributed by atoms with van der Waals surface area (Å²) in [6.45, 7) is 3.75. The smallest absolute Gasteiger partial charge is 0.251 e. The monoisotopic (exact) mass is 244 g/mol. The van der Waals surface area contributed by atoms with Crippen LogP contribution < -0.4 is 11.1 Å². The van der Waals surface area contributed by atoms with E-state index in [1.807, 2.05) is 19.9 Å². The summed E-state index contributed by atoms with van der Waals surface area (Å²) in [6, 6.07) is 8.70. The van der Waals surface area contributed by atoms with E-state index >= 15 is 0 Å². The van der Waals surface area contributed by atoms with Gasteiger partial charge in [-0.3, -0.25) is 4.79 Å². The summed E-state index contributed by atoms with van der Waals surface area (Å²) in [5.74, 6) is 0.595. The lowest BCUT2D eigenvalue weighted by Crippen LogP contribution is -2.26. The largest absolute Gasteiger partial charge is 0.467 e. The minimum absolute atomic E-state index is 0.137. The highest BCUT2D eigenvalue weighted by atomic mass is 16.3. The molecule has 18 heavy (non-hydrogen) atoms. The van der Waals surface area contributed by atoms with Crippen LogP contribution >= 0.6 is 0 Å². The van der Waals surface area contributed by atoms with E-state index in [4.69, 9.17) is 10.2 Å². The number of nitrogens with one attached hydrogen (secondary N) is 1. The van der Waals surface area contributed by atoms with E-state index in [9.17, 15) is 4.79 Å². The molecule has 0 saturated carbocycles. The third-order valence-corrected chi connectivity index (χ3v) is 2.85. The molecule has 1 aromatic carbocycles. The number of hydrogen-bond donors (Lipinski definition) is 2. The van der Waals surface area contributed by atoms with Gasteiger partial charge in [-0.25, -0.2) is 0 Å². The lowest BCUT2D eigenvalue weighted by Gasteiger charge is -2.12. The van der Waals surface area contributed by atoms with Crippen LogP contribution in [-0.4, -0.2) is 5.91 Å². The Balaban J connectivity index is 2.10. The zero-order chi connectivity index (χ0) is 13.1. The number of nitrogens with two attached hydrogens (primary N) is 1. The average Bonchev–Trinajstić information content (AvgIpc) is 2.86. The Morgan fingerprint density at radius 2 is 2.17 bits per heavy atom. The van der Waals surface area contributed by atoms with Gasteiger partial charge in [-0.2, -0.15) is 0 Å². The number of furan rings is 1. The highest BCUT2D eigenvalue weighted by molar-refractivity contribution is 5.95. The van der Waals surface area contributed by atoms with Gasteiger partial charge in [-0.1, -0.05) is 0 Å². The molecule has 0 fully saturated rings. The fourth-order valence-electron chi connectivity index (χ4n) is 1.71. The zero-order valence-electron chi connectivity index (χ0n) is 10.4. The molecule has 3 N–H and O–H groups in total. The number of benzene rings is 1. The summed E-state index contributed by atoms with van der Waals surface area (Å²) in [4.78, 5) is 12.0. The van der Waals surface area contributed by atoms with E-state index in [0.717, 1.165) is 11.3 Å². The van der Waals surface area contributed by atoms with Crippen molar-refractivity contribution in [1.82, 2.24) is 5.32 Å². The van der Waals surface area contributed by atoms with Crippen molar-refractivity contribution < 1.29 is 9.21 Å². The van der Waals surface area contributed by atoms with Gasteiger partial charge in [0.1, 0.15) is 5.76 Å². The second-order valence-corrected chi connectivity index (χ2v) is 4.28. The molecule has 1 unspecified atom stereocenters. The minimum atomic E-state index is -0.162. The van der Waals surface area contributed by atoms with Crippen LogP contribution in [0, 0.1) is 6.92 Å². The number of anilines is 1. The molecule has 0 aliphatic heterocycles. The Hall–Kier alpha value is -2.23. The van der Waals surface area contributed by atoms with Gasteiger partial charge in [0, 0.05) is 11.3 Å². The summed E-state index contributed by atoms with van der Waals surface area (Å²) in [6.07, 6.45) is 1.59. The van der Waals surface area contributed by atoms with Gasteiger partial charge < -0.3 is 15.5 Å². The van der Waals surface area contributed by atoms with Gasteiger partial charge in [0.05, 0.1) is 12.3 Å². The maximum Gasteiger partial charge on any atom is 0.251 e. The molecule has 1 aromatic heterocycles. The quantitative estimate of drug-likeness (QED) is 0.815. The third-order valence-electron chi connectivity index (χ3n) is 2.85. The minimum Gasteiger partial charge on any atom is -0.467 e. The molecule has 0 aliphatic rings. The van der Waals surface area contributed by atoms with Crippen LogP contribution in [0.4, 0.5) is 5.69 Å². The molecule has 0 bridgehead atoms. The second kappa shape index (κ2) is 4.96. The molecular formula is C14H16N2O2. The summed E-state index contributed by atoms with van der Waals surface area (Å²) in [7, 11) is 0. The highest BCUT2D eigenvalue weighted by Gasteiger charge is 2.13. The third kappa shape index (κ3) is 2.53. The maximum absolute atomic E-state index is 12.0. The summed E-state index contributed by atoms with van der Waals surface area (Å²) < 4.78 is 5.24. The number of hydrogen-bond acceptors (Lipinski definition) is 3. The molecule has 2 rings (SSSR count). The van der Waals surface area contributed by atoms with Gasteiger partial charge in [0.25, 0.3) is 5.91 Å². The first-order valence-corrected chi connectivity index (χ1v) is 5.78. The lowest BCUT2D eigenvalue weighted by atomic mass is 10.1. The van der Waals surface area contributed by atoms with Crippen molar-refractivity contribution in [3.63, 3.8) is 0 Å². The first-order valence-electron chi connectivity index (χ1n) is 5.78. The lowest BCUT2D eigenvalue weighted by molar-refractivity contribution is 0.0935. The van der Waals surface area contributed by atoms with Gasteiger partial charge in [-0.05, 0) is 49.7 Å². The summed E-state index contributed by atoms with van der Waals surface area (Å²) >= 11 is 0. The number of nitrogen functional groups attached to an aromatic ring is 1. The zero-order valence-corrected chi connectivity index (χ0v) is 10.4. The molecule has 4 nitrogen and oxygen atoms in total. The van der Waals surface area contributed by atoms with Gasteiger partial charge in [-0.15, -0.1) is 0 Å². The van der Waals surface area contributed by atoms with E-state index in [0.29, 0.717) is 11.3 Å². The standard InChI is InChI=1S/C14H16N2O2/c1-9-8-11(5-6-12(9)15)14(17)16-10(2)13-4-3-7-18-13/h3-8,10H,15H2,1-2H3,(H,16,17). The molecule has 1 heterocycles.